The molecule has 1 heterocycles. The van der Waals surface area contributed by atoms with Crippen molar-refractivity contribution < 1.29 is 18.7 Å². The number of carbonyl (C=O) groups excluding carboxylic acids is 1. The number of anilines is 1. The lowest BCUT2D eigenvalue weighted by Crippen LogP contribution is -2.30. The molecule has 0 radical (unpaired) electrons. The molecule has 0 N–H and O–H groups in total. The van der Waals surface area contributed by atoms with Gasteiger partial charge in [-0.05, 0) is 42.7 Å². The van der Waals surface area contributed by atoms with E-state index < -0.39 is 5.82 Å². The van der Waals surface area contributed by atoms with Crippen molar-refractivity contribution in [1.29, 1.82) is 0 Å². The van der Waals surface area contributed by atoms with Crippen molar-refractivity contribution in [3.8, 4) is 11.5 Å². The highest BCUT2D eigenvalue weighted by molar-refractivity contribution is 8.13. The fraction of sp³-hybridized carbons (Fsp3) is 0.158. The molecule has 1 aliphatic heterocycles. The van der Waals surface area contributed by atoms with Gasteiger partial charge in [-0.15, -0.1) is 0 Å². The number of rotatable bonds is 4. The van der Waals surface area contributed by atoms with Crippen molar-refractivity contribution >= 4 is 46.2 Å². The SMILES string of the molecule is COc1ccc(/C=C2\N=C(SC)N(c3ccc(F)c(Cl)c3)C2=O)c(OC)c1. The first-order valence-corrected chi connectivity index (χ1v) is 9.44. The van der Waals surface area contributed by atoms with E-state index in [4.69, 9.17) is 21.1 Å². The number of carbonyl (C=O) groups is 1. The predicted octanol–water partition coefficient (Wildman–Crippen LogP) is 4.60. The van der Waals surface area contributed by atoms with E-state index in [0.29, 0.717) is 27.9 Å². The molecular formula is C19H16ClFN2O3S. The van der Waals surface area contributed by atoms with Crippen LogP contribution in [0.3, 0.4) is 0 Å². The first-order chi connectivity index (χ1) is 13.0. The number of benzene rings is 2. The second kappa shape index (κ2) is 8.02. The maximum atomic E-state index is 13.5. The van der Waals surface area contributed by atoms with Crippen LogP contribution in [0.1, 0.15) is 5.56 Å². The molecule has 0 aliphatic carbocycles. The van der Waals surface area contributed by atoms with Crippen molar-refractivity contribution in [2.24, 2.45) is 4.99 Å². The third-order valence-corrected chi connectivity index (χ3v) is 4.84. The van der Waals surface area contributed by atoms with Gasteiger partial charge in [0.1, 0.15) is 23.0 Å². The van der Waals surface area contributed by atoms with Gasteiger partial charge in [0.2, 0.25) is 0 Å². The molecule has 2 aromatic carbocycles. The van der Waals surface area contributed by atoms with Gasteiger partial charge in [-0.2, -0.15) is 0 Å². The van der Waals surface area contributed by atoms with Gasteiger partial charge in [0.15, 0.2) is 5.17 Å². The van der Waals surface area contributed by atoms with Crippen molar-refractivity contribution in [3.05, 3.63) is 58.5 Å². The maximum absolute atomic E-state index is 13.5. The zero-order valence-corrected chi connectivity index (χ0v) is 16.4. The topological polar surface area (TPSA) is 51.1 Å². The minimum atomic E-state index is -0.548. The van der Waals surface area contributed by atoms with E-state index in [2.05, 4.69) is 4.99 Å². The number of nitrogens with zero attached hydrogens (tertiary/aromatic N) is 2. The molecule has 27 heavy (non-hydrogen) atoms. The molecule has 0 saturated carbocycles. The Balaban J connectivity index is 2.01. The molecule has 0 spiro atoms. The second-order valence-corrected chi connectivity index (χ2v) is 6.66. The molecule has 0 aromatic heterocycles. The van der Waals surface area contributed by atoms with Crippen LogP contribution >= 0.6 is 23.4 Å². The Morgan fingerprint density at radius 3 is 2.59 bits per heavy atom. The standard InChI is InChI=1S/C19H16ClFN2O3S/c1-25-13-6-4-11(17(10-13)26-2)8-16-18(24)23(19(22-16)27-3)12-5-7-15(21)14(20)9-12/h4-10H,1-3H3/b16-8-. The van der Waals surface area contributed by atoms with Gasteiger partial charge < -0.3 is 9.47 Å². The van der Waals surface area contributed by atoms with Crippen LogP contribution in [0.4, 0.5) is 10.1 Å². The highest BCUT2D eigenvalue weighted by Gasteiger charge is 2.31. The van der Waals surface area contributed by atoms with Gasteiger partial charge in [-0.25, -0.2) is 9.38 Å². The lowest BCUT2D eigenvalue weighted by Gasteiger charge is -2.17. The molecule has 3 rings (SSSR count). The highest BCUT2D eigenvalue weighted by Crippen LogP contribution is 2.33. The Bertz CT molecular complexity index is 962. The molecule has 2 aromatic rings. The molecule has 0 bridgehead atoms. The summed E-state index contributed by atoms with van der Waals surface area (Å²) in [4.78, 5) is 18.7. The van der Waals surface area contributed by atoms with Crippen molar-refractivity contribution in [1.82, 2.24) is 0 Å². The van der Waals surface area contributed by atoms with Gasteiger partial charge >= 0.3 is 0 Å². The lowest BCUT2D eigenvalue weighted by molar-refractivity contribution is -0.113. The Morgan fingerprint density at radius 1 is 1.19 bits per heavy atom. The summed E-state index contributed by atoms with van der Waals surface area (Å²) in [6, 6.07) is 9.38. The lowest BCUT2D eigenvalue weighted by atomic mass is 10.1. The zero-order valence-electron chi connectivity index (χ0n) is 14.8. The van der Waals surface area contributed by atoms with Crippen LogP contribution in [0, 0.1) is 5.82 Å². The fourth-order valence-corrected chi connectivity index (χ4v) is 3.31. The van der Waals surface area contributed by atoms with E-state index in [1.54, 1.807) is 37.6 Å². The number of methoxy groups -OCH3 is 2. The van der Waals surface area contributed by atoms with Crippen LogP contribution in [0.5, 0.6) is 11.5 Å². The minimum absolute atomic E-state index is 0.0602. The molecule has 1 amide bonds. The van der Waals surface area contributed by atoms with E-state index in [1.165, 1.54) is 42.0 Å². The van der Waals surface area contributed by atoms with Crippen LogP contribution in [0.25, 0.3) is 6.08 Å². The van der Waals surface area contributed by atoms with Crippen molar-refractivity contribution in [2.75, 3.05) is 25.4 Å². The summed E-state index contributed by atoms with van der Waals surface area (Å²) in [6.45, 7) is 0. The number of aliphatic imine (C=N–C) groups is 1. The average molecular weight is 407 g/mol. The first-order valence-electron chi connectivity index (χ1n) is 7.84. The smallest absolute Gasteiger partial charge is 0.283 e. The van der Waals surface area contributed by atoms with Crippen LogP contribution in [0.15, 0.2) is 47.1 Å². The van der Waals surface area contributed by atoms with Crippen LogP contribution in [-0.2, 0) is 4.79 Å². The van der Waals surface area contributed by atoms with Crippen LogP contribution < -0.4 is 14.4 Å². The van der Waals surface area contributed by atoms with E-state index in [0.717, 1.165) is 0 Å². The van der Waals surface area contributed by atoms with E-state index in [9.17, 15) is 9.18 Å². The number of amidine groups is 1. The number of halogens is 2. The fourth-order valence-electron chi connectivity index (χ4n) is 2.57. The summed E-state index contributed by atoms with van der Waals surface area (Å²) in [5, 5.41) is 0.413. The second-order valence-electron chi connectivity index (χ2n) is 5.47. The van der Waals surface area contributed by atoms with Crippen LogP contribution in [-0.4, -0.2) is 31.6 Å². The first kappa shape index (κ1) is 19.3. The highest BCUT2D eigenvalue weighted by atomic mass is 35.5. The number of thioether (sulfide) groups is 1. The Morgan fingerprint density at radius 2 is 1.96 bits per heavy atom. The van der Waals surface area contributed by atoms with E-state index in [-0.39, 0.29) is 16.6 Å². The molecule has 140 valence electrons. The molecule has 5 nitrogen and oxygen atoms in total. The van der Waals surface area contributed by atoms with Crippen molar-refractivity contribution in [2.45, 2.75) is 0 Å². The minimum Gasteiger partial charge on any atom is -0.497 e. The molecule has 0 saturated heterocycles. The van der Waals surface area contributed by atoms with E-state index in [1.807, 2.05) is 0 Å². The van der Waals surface area contributed by atoms with Crippen molar-refractivity contribution in [3.63, 3.8) is 0 Å². The molecular weight excluding hydrogens is 391 g/mol. The Hall–Kier alpha value is -2.51. The quantitative estimate of drug-likeness (QED) is 0.696. The largest absolute Gasteiger partial charge is 0.497 e. The molecule has 0 unspecified atom stereocenters. The molecule has 1 aliphatic rings. The maximum Gasteiger partial charge on any atom is 0.283 e. The number of hydrogen-bond acceptors (Lipinski definition) is 5. The normalized spacial score (nSPS) is 15.3. The van der Waals surface area contributed by atoms with Gasteiger partial charge in [0.25, 0.3) is 5.91 Å². The summed E-state index contributed by atoms with van der Waals surface area (Å²) >= 11 is 7.17. The monoisotopic (exact) mass is 406 g/mol. The summed E-state index contributed by atoms with van der Waals surface area (Å²) in [5.74, 6) is 0.315. The van der Waals surface area contributed by atoms with Gasteiger partial charge in [-0.1, -0.05) is 23.4 Å². The summed E-state index contributed by atoms with van der Waals surface area (Å²) < 4.78 is 24.0. The summed E-state index contributed by atoms with van der Waals surface area (Å²) in [7, 11) is 3.10. The average Bonchev–Trinajstić information content (AvgIpc) is 2.99. The number of hydrogen-bond donors (Lipinski definition) is 0. The van der Waals surface area contributed by atoms with Gasteiger partial charge in [0.05, 0.1) is 24.9 Å². The third-order valence-electron chi connectivity index (χ3n) is 3.91. The summed E-state index contributed by atoms with van der Waals surface area (Å²) in [5.41, 5.74) is 1.37. The van der Waals surface area contributed by atoms with Crippen LogP contribution in [0.2, 0.25) is 5.02 Å². The number of ether oxygens (including phenoxy) is 2. The Kier molecular flexibility index (Phi) is 5.72. The predicted molar refractivity (Wildman–Crippen MR) is 107 cm³/mol. The Labute approximate surface area is 165 Å². The van der Waals surface area contributed by atoms with Gasteiger partial charge in [0, 0.05) is 11.6 Å². The molecule has 8 heteroatoms. The third kappa shape index (κ3) is 3.79. The zero-order chi connectivity index (χ0) is 19.6. The number of amides is 1. The summed E-state index contributed by atoms with van der Waals surface area (Å²) in [6.07, 6.45) is 3.45. The van der Waals surface area contributed by atoms with Gasteiger partial charge in [-0.3, -0.25) is 9.69 Å². The molecule has 0 atom stereocenters. The molecule has 0 fully saturated rings. The van der Waals surface area contributed by atoms with E-state index >= 15 is 0 Å².